The van der Waals surface area contributed by atoms with Gasteiger partial charge in [0.2, 0.25) is 0 Å². The van der Waals surface area contributed by atoms with Gasteiger partial charge in [-0.2, -0.15) is 0 Å². The van der Waals surface area contributed by atoms with Gasteiger partial charge in [-0.15, -0.1) is 0 Å². The number of hydrogen-bond donors (Lipinski definition) is 1. The van der Waals surface area contributed by atoms with E-state index in [-0.39, 0.29) is 6.04 Å². The van der Waals surface area contributed by atoms with E-state index in [0.29, 0.717) is 6.61 Å². The Kier molecular flexibility index (Phi) is 3.83. The molecule has 0 amide bonds. The quantitative estimate of drug-likeness (QED) is 0.859. The normalized spacial score (nSPS) is 12.4. The number of rotatable bonds is 5. The molecule has 2 rings (SSSR count). The molecular weight excluding hydrogens is 214 g/mol. The SMILES string of the molecule is CCOc1cccc(C(NC)c2ccoc2)c1. The Morgan fingerprint density at radius 3 is 2.82 bits per heavy atom. The van der Waals surface area contributed by atoms with Crippen molar-refractivity contribution >= 4 is 0 Å². The highest BCUT2D eigenvalue weighted by Gasteiger charge is 2.13. The van der Waals surface area contributed by atoms with Crippen molar-refractivity contribution in [3.05, 3.63) is 54.0 Å². The molecule has 3 heteroatoms. The lowest BCUT2D eigenvalue weighted by atomic mass is 10.0. The molecule has 1 unspecified atom stereocenters. The second kappa shape index (κ2) is 5.55. The van der Waals surface area contributed by atoms with Crippen molar-refractivity contribution in [1.82, 2.24) is 5.32 Å². The van der Waals surface area contributed by atoms with Crippen LogP contribution in [0.2, 0.25) is 0 Å². The summed E-state index contributed by atoms with van der Waals surface area (Å²) in [6.45, 7) is 2.66. The molecule has 1 atom stereocenters. The van der Waals surface area contributed by atoms with Crippen LogP contribution in [0.4, 0.5) is 0 Å². The third-order valence-electron chi connectivity index (χ3n) is 2.67. The maximum atomic E-state index is 5.51. The van der Waals surface area contributed by atoms with Crippen molar-refractivity contribution in [3.63, 3.8) is 0 Å². The average molecular weight is 231 g/mol. The second-order valence-corrected chi connectivity index (χ2v) is 3.78. The van der Waals surface area contributed by atoms with Gasteiger partial charge in [0.15, 0.2) is 0 Å². The van der Waals surface area contributed by atoms with Crippen molar-refractivity contribution in [2.75, 3.05) is 13.7 Å². The average Bonchev–Trinajstić information content (AvgIpc) is 2.85. The number of nitrogens with one attached hydrogen (secondary N) is 1. The molecule has 0 bridgehead atoms. The fraction of sp³-hybridized carbons (Fsp3) is 0.286. The molecule has 0 radical (unpaired) electrons. The van der Waals surface area contributed by atoms with Gasteiger partial charge in [0.25, 0.3) is 0 Å². The predicted octanol–water partition coefficient (Wildman–Crippen LogP) is 2.99. The predicted molar refractivity (Wildman–Crippen MR) is 67.2 cm³/mol. The molecule has 2 aromatic rings. The van der Waals surface area contributed by atoms with Crippen LogP contribution in [-0.4, -0.2) is 13.7 Å². The van der Waals surface area contributed by atoms with Crippen LogP contribution in [-0.2, 0) is 0 Å². The third kappa shape index (κ3) is 2.68. The molecule has 1 aromatic heterocycles. The minimum atomic E-state index is 0.133. The summed E-state index contributed by atoms with van der Waals surface area (Å²) in [5.74, 6) is 0.897. The lowest BCUT2D eigenvalue weighted by molar-refractivity contribution is 0.339. The van der Waals surface area contributed by atoms with Gasteiger partial charge in [-0.3, -0.25) is 0 Å². The molecule has 90 valence electrons. The van der Waals surface area contributed by atoms with Crippen molar-refractivity contribution in [1.29, 1.82) is 0 Å². The molecule has 0 saturated heterocycles. The number of benzene rings is 1. The Bertz CT molecular complexity index is 451. The van der Waals surface area contributed by atoms with Crippen molar-refractivity contribution in [3.8, 4) is 5.75 Å². The molecule has 3 nitrogen and oxygen atoms in total. The second-order valence-electron chi connectivity index (χ2n) is 3.78. The van der Waals surface area contributed by atoms with E-state index in [4.69, 9.17) is 9.15 Å². The van der Waals surface area contributed by atoms with Crippen LogP contribution < -0.4 is 10.1 Å². The van der Waals surface area contributed by atoms with Crippen LogP contribution in [0, 0.1) is 0 Å². The topological polar surface area (TPSA) is 34.4 Å². The van der Waals surface area contributed by atoms with Crippen LogP contribution in [0.15, 0.2) is 47.3 Å². The molecule has 17 heavy (non-hydrogen) atoms. The van der Waals surface area contributed by atoms with Gasteiger partial charge in [-0.05, 0) is 37.7 Å². The van der Waals surface area contributed by atoms with Gasteiger partial charge in [0.05, 0.1) is 25.2 Å². The molecule has 1 aromatic carbocycles. The minimum absolute atomic E-state index is 0.133. The maximum absolute atomic E-state index is 5.51. The van der Waals surface area contributed by atoms with Crippen LogP contribution in [0.25, 0.3) is 0 Å². The number of ether oxygens (including phenoxy) is 1. The Balaban J connectivity index is 2.28. The summed E-state index contributed by atoms with van der Waals surface area (Å²) in [5, 5.41) is 3.27. The van der Waals surface area contributed by atoms with Crippen molar-refractivity contribution in [2.45, 2.75) is 13.0 Å². The zero-order valence-corrected chi connectivity index (χ0v) is 10.1. The maximum Gasteiger partial charge on any atom is 0.119 e. The molecule has 0 aliphatic carbocycles. The number of hydrogen-bond acceptors (Lipinski definition) is 3. The van der Waals surface area contributed by atoms with E-state index in [0.717, 1.165) is 11.3 Å². The van der Waals surface area contributed by atoms with E-state index in [1.165, 1.54) is 5.56 Å². The fourth-order valence-corrected chi connectivity index (χ4v) is 1.92. The summed E-state index contributed by atoms with van der Waals surface area (Å²) < 4.78 is 10.6. The Labute approximate surface area is 101 Å². The number of furan rings is 1. The largest absolute Gasteiger partial charge is 0.494 e. The molecular formula is C14H17NO2. The van der Waals surface area contributed by atoms with Gasteiger partial charge in [0.1, 0.15) is 5.75 Å². The van der Waals surface area contributed by atoms with Gasteiger partial charge in [-0.25, -0.2) is 0 Å². The van der Waals surface area contributed by atoms with Gasteiger partial charge >= 0.3 is 0 Å². The molecule has 0 fully saturated rings. The Morgan fingerprint density at radius 1 is 1.29 bits per heavy atom. The molecule has 0 spiro atoms. The lowest BCUT2D eigenvalue weighted by Gasteiger charge is -2.15. The van der Waals surface area contributed by atoms with Crippen LogP contribution in [0.3, 0.4) is 0 Å². The van der Waals surface area contributed by atoms with Gasteiger partial charge in [-0.1, -0.05) is 12.1 Å². The standard InChI is InChI=1S/C14H17NO2/c1-3-17-13-6-4-5-11(9-13)14(15-2)12-7-8-16-10-12/h4-10,14-15H,3H2,1-2H3. The van der Waals surface area contributed by atoms with Crippen LogP contribution in [0.1, 0.15) is 24.1 Å². The zero-order chi connectivity index (χ0) is 12.1. The van der Waals surface area contributed by atoms with Gasteiger partial charge in [0, 0.05) is 5.56 Å². The summed E-state index contributed by atoms with van der Waals surface area (Å²) in [5.41, 5.74) is 2.28. The minimum Gasteiger partial charge on any atom is -0.494 e. The summed E-state index contributed by atoms with van der Waals surface area (Å²) in [4.78, 5) is 0. The van der Waals surface area contributed by atoms with E-state index in [1.807, 2.05) is 32.2 Å². The summed E-state index contributed by atoms with van der Waals surface area (Å²) in [6.07, 6.45) is 3.45. The van der Waals surface area contributed by atoms with Gasteiger partial charge < -0.3 is 14.5 Å². The highest BCUT2D eigenvalue weighted by atomic mass is 16.5. The van der Waals surface area contributed by atoms with E-state index >= 15 is 0 Å². The first kappa shape index (κ1) is 11.7. The third-order valence-corrected chi connectivity index (χ3v) is 2.67. The Hall–Kier alpha value is -1.74. The van der Waals surface area contributed by atoms with Crippen molar-refractivity contribution < 1.29 is 9.15 Å². The molecule has 0 aliphatic rings. The molecule has 0 aliphatic heterocycles. The van der Waals surface area contributed by atoms with E-state index in [9.17, 15) is 0 Å². The molecule has 1 N–H and O–H groups in total. The first-order valence-electron chi connectivity index (χ1n) is 5.77. The monoisotopic (exact) mass is 231 g/mol. The van der Waals surface area contributed by atoms with Crippen molar-refractivity contribution in [2.24, 2.45) is 0 Å². The highest BCUT2D eigenvalue weighted by Crippen LogP contribution is 2.25. The first-order valence-corrected chi connectivity index (χ1v) is 5.77. The summed E-state index contributed by atoms with van der Waals surface area (Å²) in [7, 11) is 1.94. The van der Waals surface area contributed by atoms with E-state index in [1.54, 1.807) is 12.5 Å². The first-order chi connectivity index (χ1) is 8.35. The molecule has 0 saturated carbocycles. The lowest BCUT2D eigenvalue weighted by Crippen LogP contribution is -2.16. The van der Waals surface area contributed by atoms with E-state index in [2.05, 4.69) is 17.4 Å². The molecule has 1 heterocycles. The Morgan fingerprint density at radius 2 is 2.18 bits per heavy atom. The summed E-state index contributed by atoms with van der Waals surface area (Å²) >= 11 is 0. The summed E-state index contributed by atoms with van der Waals surface area (Å²) in [6, 6.07) is 10.2. The highest BCUT2D eigenvalue weighted by molar-refractivity contribution is 5.35. The van der Waals surface area contributed by atoms with E-state index < -0.39 is 0 Å². The zero-order valence-electron chi connectivity index (χ0n) is 10.1. The smallest absolute Gasteiger partial charge is 0.119 e. The van der Waals surface area contributed by atoms with Crippen LogP contribution >= 0.6 is 0 Å². The van der Waals surface area contributed by atoms with Crippen LogP contribution in [0.5, 0.6) is 5.75 Å². The fourth-order valence-electron chi connectivity index (χ4n) is 1.92.